The van der Waals surface area contributed by atoms with Crippen molar-refractivity contribution in [1.29, 1.82) is 0 Å². The number of fused-ring (bicyclic) bond motifs is 1. The molecule has 1 amide bonds. The number of likely N-dealkylation sites (tertiary alicyclic amines) is 1. The van der Waals surface area contributed by atoms with Crippen molar-refractivity contribution in [1.82, 2.24) is 14.9 Å². The Morgan fingerprint density at radius 1 is 1.10 bits per heavy atom. The number of thioether (sulfide) groups is 1. The van der Waals surface area contributed by atoms with Gasteiger partial charge in [0.1, 0.15) is 11.6 Å². The Labute approximate surface area is 179 Å². The molecule has 1 aliphatic rings. The standard InChI is InChI=1S/C24H21N3O2S/c28-23(16-30-19-7-2-1-3-8-19)27-13-5-9-21(27)24-26-20-14-17(10-11-22(20)29-24)18-6-4-12-25-15-18/h1-4,6-8,10-12,14-15,21H,5,9,13,16H2. The maximum absolute atomic E-state index is 12.9. The summed E-state index contributed by atoms with van der Waals surface area (Å²) in [5, 5.41) is 0. The summed E-state index contributed by atoms with van der Waals surface area (Å²) in [7, 11) is 0. The van der Waals surface area contributed by atoms with Crippen molar-refractivity contribution in [2.24, 2.45) is 0 Å². The molecule has 150 valence electrons. The molecule has 1 aliphatic heterocycles. The number of aromatic nitrogens is 2. The summed E-state index contributed by atoms with van der Waals surface area (Å²) in [6.07, 6.45) is 5.44. The zero-order valence-electron chi connectivity index (χ0n) is 16.4. The first-order valence-electron chi connectivity index (χ1n) is 10.1. The van der Waals surface area contributed by atoms with Crippen molar-refractivity contribution in [2.45, 2.75) is 23.8 Å². The summed E-state index contributed by atoms with van der Waals surface area (Å²) >= 11 is 1.57. The average Bonchev–Trinajstić information content (AvgIpc) is 3.45. The van der Waals surface area contributed by atoms with Crippen LogP contribution in [0.5, 0.6) is 0 Å². The summed E-state index contributed by atoms with van der Waals surface area (Å²) in [4.78, 5) is 24.8. The summed E-state index contributed by atoms with van der Waals surface area (Å²) in [5.74, 6) is 1.18. The molecule has 30 heavy (non-hydrogen) atoms. The van der Waals surface area contributed by atoms with Crippen molar-refractivity contribution in [2.75, 3.05) is 12.3 Å². The van der Waals surface area contributed by atoms with Gasteiger partial charge in [-0.15, -0.1) is 11.8 Å². The summed E-state index contributed by atoms with van der Waals surface area (Å²) in [5.41, 5.74) is 3.65. The quantitative estimate of drug-likeness (QED) is 0.412. The second kappa shape index (κ2) is 8.32. The normalized spacial score (nSPS) is 16.3. The lowest BCUT2D eigenvalue weighted by molar-refractivity contribution is -0.129. The molecule has 0 spiro atoms. The van der Waals surface area contributed by atoms with Gasteiger partial charge in [0.25, 0.3) is 0 Å². The van der Waals surface area contributed by atoms with Crippen LogP contribution in [0.2, 0.25) is 0 Å². The fourth-order valence-electron chi connectivity index (χ4n) is 3.87. The van der Waals surface area contributed by atoms with Gasteiger partial charge in [-0.2, -0.15) is 0 Å². The Morgan fingerprint density at radius 2 is 2.00 bits per heavy atom. The van der Waals surface area contributed by atoms with Gasteiger partial charge >= 0.3 is 0 Å². The molecule has 1 atom stereocenters. The summed E-state index contributed by atoms with van der Waals surface area (Å²) in [6.45, 7) is 0.749. The lowest BCUT2D eigenvalue weighted by Crippen LogP contribution is -2.32. The van der Waals surface area contributed by atoms with Crippen molar-refractivity contribution in [3.63, 3.8) is 0 Å². The molecule has 2 aromatic carbocycles. The fraction of sp³-hybridized carbons (Fsp3) is 0.208. The van der Waals surface area contributed by atoms with E-state index in [4.69, 9.17) is 9.40 Å². The van der Waals surface area contributed by atoms with Gasteiger partial charge in [-0.25, -0.2) is 4.98 Å². The fourth-order valence-corrected chi connectivity index (χ4v) is 4.67. The van der Waals surface area contributed by atoms with Crippen molar-refractivity contribution in [3.8, 4) is 11.1 Å². The zero-order valence-corrected chi connectivity index (χ0v) is 17.2. The lowest BCUT2D eigenvalue weighted by Gasteiger charge is -2.22. The third-order valence-electron chi connectivity index (χ3n) is 5.36. The first kappa shape index (κ1) is 18.9. The lowest BCUT2D eigenvalue weighted by atomic mass is 10.1. The molecule has 3 heterocycles. The van der Waals surface area contributed by atoms with Crippen LogP contribution in [-0.2, 0) is 4.79 Å². The molecule has 5 nitrogen and oxygen atoms in total. The van der Waals surface area contributed by atoms with Crippen molar-refractivity contribution < 1.29 is 9.21 Å². The van der Waals surface area contributed by atoms with Gasteiger partial charge in [0, 0.05) is 29.4 Å². The predicted molar refractivity (Wildman–Crippen MR) is 118 cm³/mol. The Hall–Kier alpha value is -3.12. The molecule has 0 aliphatic carbocycles. The highest BCUT2D eigenvalue weighted by Crippen LogP contribution is 2.35. The Balaban J connectivity index is 1.35. The van der Waals surface area contributed by atoms with Crippen LogP contribution >= 0.6 is 11.8 Å². The third-order valence-corrected chi connectivity index (χ3v) is 6.36. The Morgan fingerprint density at radius 3 is 2.83 bits per heavy atom. The average molecular weight is 416 g/mol. The number of amides is 1. The maximum atomic E-state index is 12.9. The molecule has 4 aromatic rings. The maximum Gasteiger partial charge on any atom is 0.233 e. The predicted octanol–water partition coefficient (Wildman–Crippen LogP) is 5.35. The molecule has 1 saturated heterocycles. The minimum Gasteiger partial charge on any atom is -0.438 e. The number of pyridine rings is 1. The van der Waals surface area contributed by atoms with Crippen molar-refractivity contribution in [3.05, 3.63) is 78.9 Å². The van der Waals surface area contributed by atoms with E-state index in [1.54, 1.807) is 18.0 Å². The number of carbonyl (C=O) groups is 1. The van der Waals surface area contributed by atoms with Gasteiger partial charge in [-0.3, -0.25) is 9.78 Å². The van der Waals surface area contributed by atoms with E-state index in [0.29, 0.717) is 11.6 Å². The highest BCUT2D eigenvalue weighted by atomic mass is 32.2. The molecule has 0 saturated carbocycles. The minimum atomic E-state index is -0.0943. The molecule has 2 aromatic heterocycles. The van der Waals surface area contributed by atoms with E-state index in [2.05, 4.69) is 4.98 Å². The van der Waals surface area contributed by atoms with Gasteiger partial charge in [0.05, 0.1) is 5.75 Å². The third kappa shape index (κ3) is 3.83. The van der Waals surface area contributed by atoms with Crippen LogP contribution < -0.4 is 0 Å². The number of rotatable bonds is 5. The van der Waals surface area contributed by atoms with E-state index in [9.17, 15) is 4.79 Å². The SMILES string of the molecule is O=C(CSc1ccccc1)N1CCCC1c1nc2cc(-c3cccnc3)ccc2o1. The van der Waals surface area contributed by atoms with E-state index >= 15 is 0 Å². The van der Waals surface area contributed by atoms with Crippen LogP contribution in [0.1, 0.15) is 24.8 Å². The van der Waals surface area contributed by atoms with Crippen LogP contribution in [0.4, 0.5) is 0 Å². The van der Waals surface area contributed by atoms with Gasteiger partial charge < -0.3 is 9.32 Å². The molecule has 5 rings (SSSR count). The molecule has 1 unspecified atom stereocenters. The highest BCUT2D eigenvalue weighted by Gasteiger charge is 2.33. The van der Waals surface area contributed by atoms with Gasteiger partial charge in [-0.05, 0) is 48.7 Å². The highest BCUT2D eigenvalue weighted by molar-refractivity contribution is 8.00. The summed E-state index contributed by atoms with van der Waals surface area (Å²) < 4.78 is 6.06. The molecule has 6 heteroatoms. The van der Waals surface area contributed by atoms with Crippen LogP contribution in [0.3, 0.4) is 0 Å². The first-order chi connectivity index (χ1) is 14.8. The van der Waals surface area contributed by atoms with Gasteiger partial charge in [0.15, 0.2) is 5.58 Å². The number of oxazole rings is 1. The molecule has 0 N–H and O–H groups in total. The Kier molecular flexibility index (Phi) is 5.24. The summed E-state index contributed by atoms with van der Waals surface area (Å²) in [6, 6.07) is 19.8. The number of hydrogen-bond acceptors (Lipinski definition) is 5. The van der Waals surface area contributed by atoms with Crippen LogP contribution in [-0.4, -0.2) is 33.1 Å². The molecule has 0 radical (unpaired) electrons. The molecular formula is C24H21N3O2S. The monoisotopic (exact) mass is 415 g/mol. The smallest absolute Gasteiger partial charge is 0.233 e. The van der Waals surface area contributed by atoms with Crippen LogP contribution in [0.25, 0.3) is 22.2 Å². The van der Waals surface area contributed by atoms with Gasteiger partial charge in [-0.1, -0.05) is 30.3 Å². The number of benzene rings is 2. The second-order valence-corrected chi connectivity index (χ2v) is 8.37. The number of hydrogen-bond donors (Lipinski definition) is 0. The topological polar surface area (TPSA) is 59.2 Å². The minimum absolute atomic E-state index is 0.0943. The van der Waals surface area contributed by atoms with Crippen molar-refractivity contribution >= 4 is 28.8 Å². The van der Waals surface area contributed by atoms with E-state index in [1.165, 1.54) is 0 Å². The van der Waals surface area contributed by atoms with Gasteiger partial charge in [0.2, 0.25) is 11.8 Å². The molecular weight excluding hydrogens is 394 g/mol. The van der Waals surface area contributed by atoms with E-state index in [1.807, 2.05) is 71.8 Å². The zero-order chi connectivity index (χ0) is 20.3. The first-order valence-corrected chi connectivity index (χ1v) is 11.0. The van der Waals surface area contributed by atoms with E-state index < -0.39 is 0 Å². The van der Waals surface area contributed by atoms with E-state index in [-0.39, 0.29) is 11.9 Å². The largest absolute Gasteiger partial charge is 0.438 e. The molecule has 0 bridgehead atoms. The molecule has 1 fully saturated rings. The van der Waals surface area contributed by atoms with E-state index in [0.717, 1.165) is 46.5 Å². The second-order valence-electron chi connectivity index (χ2n) is 7.32. The Bertz CT molecular complexity index is 1160. The number of nitrogens with zero attached hydrogens (tertiary/aromatic N) is 3. The van der Waals surface area contributed by atoms with Crippen LogP contribution in [0.15, 0.2) is 82.4 Å². The number of carbonyl (C=O) groups excluding carboxylic acids is 1. The van der Waals surface area contributed by atoms with Crippen LogP contribution in [0, 0.1) is 0 Å².